The first kappa shape index (κ1) is 14.5. The average Bonchev–Trinajstić information content (AvgIpc) is 2.85. The van der Waals surface area contributed by atoms with E-state index in [9.17, 15) is 14.7 Å². The molecule has 1 heterocycles. The van der Waals surface area contributed by atoms with Crippen molar-refractivity contribution in [1.29, 1.82) is 0 Å². The van der Waals surface area contributed by atoms with E-state index in [1.165, 1.54) is 0 Å². The molecule has 1 aliphatic rings. The molecular formula is C15H20N2O3. The zero-order valence-electron chi connectivity index (χ0n) is 11.5. The summed E-state index contributed by atoms with van der Waals surface area (Å²) in [6.07, 6.45) is 1.06. The lowest BCUT2D eigenvalue weighted by molar-refractivity contribution is -0.142. The van der Waals surface area contributed by atoms with E-state index < -0.39 is 12.0 Å². The third-order valence-corrected chi connectivity index (χ3v) is 3.76. The number of hydrogen-bond acceptors (Lipinski definition) is 3. The number of amides is 1. The van der Waals surface area contributed by atoms with Crippen molar-refractivity contribution in [2.75, 3.05) is 6.54 Å². The van der Waals surface area contributed by atoms with Crippen LogP contribution in [0.5, 0.6) is 0 Å². The fourth-order valence-corrected chi connectivity index (χ4v) is 2.55. The molecular weight excluding hydrogens is 256 g/mol. The summed E-state index contributed by atoms with van der Waals surface area (Å²) >= 11 is 0. The van der Waals surface area contributed by atoms with Crippen LogP contribution in [0.1, 0.15) is 18.9 Å². The highest BCUT2D eigenvalue weighted by Crippen LogP contribution is 2.15. The van der Waals surface area contributed by atoms with E-state index in [2.05, 4.69) is 10.6 Å². The predicted molar refractivity (Wildman–Crippen MR) is 75.3 cm³/mol. The van der Waals surface area contributed by atoms with Crippen LogP contribution in [-0.2, 0) is 16.0 Å². The van der Waals surface area contributed by atoms with Gasteiger partial charge in [0.25, 0.3) is 0 Å². The lowest BCUT2D eigenvalue weighted by Gasteiger charge is -2.19. The van der Waals surface area contributed by atoms with Crippen LogP contribution in [0, 0.1) is 5.92 Å². The van der Waals surface area contributed by atoms with Gasteiger partial charge in [0.1, 0.15) is 6.04 Å². The highest BCUT2D eigenvalue weighted by molar-refractivity contribution is 5.85. The van der Waals surface area contributed by atoms with Crippen molar-refractivity contribution in [3.63, 3.8) is 0 Å². The highest BCUT2D eigenvalue weighted by Gasteiger charge is 2.32. The molecule has 3 N–H and O–H groups in total. The zero-order valence-corrected chi connectivity index (χ0v) is 11.5. The fourth-order valence-electron chi connectivity index (χ4n) is 2.55. The van der Waals surface area contributed by atoms with E-state index in [0.29, 0.717) is 6.42 Å². The Kier molecular flexibility index (Phi) is 4.74. The maximum Gasteiger partial charge on any atom is 0.326 e. The number of carboxylic acid groups (broad SMARTS) is 1. The van der Waals surface area contributed by atoms with Crippen LogP contribution in [0.15, 0.2) is 30.3 Å². The highest BCUT2D eigenvalue weighted by atomic mass is 16.4. The Morgan fingerprint density at radius 3 is 2.65 bits per heavy atom. The van der Waals surface area contributed by atoms with E-state index >= 15 is 0 Å². The van der Waals surface area contributed by atoms with Crippen LogP contribution in [0.2, 0.25) is 0 Å². The van der Waals surface area contributed by atoms with Gasteiger partial charge in [-0.2, -0.15) is 0 Å². The Morgan fingerprint density at radius 1 is 1.40 bits per heavy atom. The van der Waals surface area contributed by atoms with Gasteiger partial charge in [0.2, 0.25) is 5.91 Å². The van der Waals surface area contributed by atoms with Crippen molar-refractivity contribution in [2.24, 2.45) is 5.92 Å². The lowest BCUT2D eigenvalue weighted by Crippen LogP contribution is -2.46. The summed E-state index contributed by atoms with van der Waals surface area (Å²) < 4.78 is 0. The van der Waals surface area contributed by atoms with Gasteiger partial charge >= 0.3 is 5.97 Å². The summed E-state index contributed by atoms with van der Waals surface area (Å²) in [7, 11) is 0. The van der Waals surface area contributed by atoms with Gasteiger partial charge in [-0.25, -0.2) is 4.79 Å². The second kappa shape index (κ2) is 6.52. The number of nitrogens with one attached hydrogen (secondary N) is 2. The maximum atomic E-state index is 12.1. The van der Waals surface area contributed by atoms with Gasteiger partial charge in [0.15, 0.2) is 0 Å². The smallest absolute Gasteiger partial charge is 0.326 e. The SMILES string of the molecule is CC1NCCC1C(=O)N[C@H](Cc1ccccc1)C(=O)O. The van der Waals surface area contributed by atoms with E-state index in [4.69, 9.17) is 0 Å². The van der Waals surface area contributed by atoms with Gasteiger partial charge < -0.3 is 15.7 Å². The van der Waals surface area contributed by atoms with Crippen molar-refractivity contribution >= 4 is 11.9 Å². The van der Waals surface area contributed by atoms with Crippen molar-refractivity contribution in [3.8, 4) is 0 Å². The molecule has 0 radical (unpaired) electrons. The molecule has 1 amide bonds. The van der Waals surface area contributed by atoms with Gasteiger partial charge in [-0.15, -0.1) is 0 Å². The molecule has 5 heteroatoms. The van der Waals surface area contributed by atoms with Gasteiger partial charge in [-0.3, -0.25) is 4.79 Å². The van der Waals surface area contributed by atoms with Crippen LogP contribution in [0.3, 0.4) is 0 Å². The standard InChI is InChI=1S/C15H20N2O3/c1-10-12(7-8-16-10)14(18)17-13(15(19)20)9-11-5-3-2-4-6-11/h2-6,10,12-13,16H,7-9H2,1H3,(H,17,18)(H,19,20)/t10?,12?,13-/m1/s1. The van der Waals surface area contributed by atoms with Crippen LogP contribution < -0.4 is 10.6 Å². The monoisotopic (exact) mass is 276 g/mol. The summed E-state index contributed by atoms with van der Waals surface area (Å²) in [5.41, 5.74) is 0.901. The van der Waals surface area contributed by atoms with Crippen molar-refractivity contribution in [2.45, 2.75) is 31.8 Å². The molecule has 2 unspecified atom stereocenters. The van der Waals surface area contributed by atoms with E-state index in [0.717, 1.165) is 18.5 Å². The molecule has 0 aliphatic carbocycles. The molecule has 0 saturated carbocycles. The summed E-state index contributed by atoms with van der Waals surface area (Å²) in [6, 6.07) is 8.55. The molecule has 2 rings (SSSR count). The largest absolute Gasteiger partial charge is 0.480 e. The summed E-state index contributed by atoms with van der Waals surface area (Å²) in [6.45, 7) is 2.75. The molecule has 1 fully saturated rings. The second-order valence-electron chi connectivity index (χ2n) is 5.23. The summed E-state index contributed by atoms with van der Waals surface area (Å²) in [5, 5.41) is 15.1. The predicted octanol–water partition coefficient (Wildman–Crippen LogP) is 0.796. The molecule has 3 atom stereocenters. The number of rotatable bonds is 5. The minimum atomic E-state index is -0.999. The molecule has 1 aliphatic heterocycles. The fraction of sp³-hybridized carbons (Fsp3) is 0.467. The van der Waals surface area contributed by atoms with Crippen LogP contribution in [0.4, 0.5) is 0 Å². The Balaban J connectivity index is 1.99. The molecule has 0 aromatic heterocycles. The Hall–Kier alpha value is -1.88. The molecule has 0 bridgehead atoms. The lowest BCUT2D eigenvalue weighted by atomic mass is 9.99. The minimum Gasteiger partial charge on any atom is -0.480 e. The van der Waals surface area contributed by atoms with Gasteiger partial charge in [0.05, 0.1) is 5.92 Å². The normalized spacial score (nSPS) is 23.2. The van der Waals surface area contributed by atoms with E-state index in [1.807, 2.05) is 37.3 Å². The average molecular weight is 276 g/mol. The van der Waals surface area contributed by atoms with Crippen LogP contribution in [-0.4, -0.2) is 35.6 Å². The summed E-state index contributed by atoms with van der Waals surface area (Å²) in [4.78, 5) is 23.5. The second-order valence-corrected chi connectivity index (χ2v) is 5.23. The number of aliphatic carboxylic acids is 1. The molecule has 0 spiro atoms. The number of carbonyl (C=O) groups excluding carboxylic acids is 1. The molecule has 1 aromatic carbocycles. The molecule has 1 saturated heterocycles. The first-order chi connectivity index (χ1) is 9.58. The molecule has 108 valence electrons. The van der Waals surface area contributed by atoms with Crippen LogP contribution >= 0.6 is 0 Å². The van der Waals surface area contributed by atoms with Gasteiger partial charge in [-0.1, -0.05) is 30.3 Å². The topological polar surface area (TPSA) is 78.4 Å². The first-order valence-electron chi connectivity index (χ1n) is 6.88. The van der Waals surface area contributed by atoms with Crippen molar-refractivity contribution in [1.82, 2.24) is 10.6 Å². The number of carboxylic acids is 1. The Morgan fingerprint density at radius 2 is 2.10 bits per heavy atom. The third kappa shape index (κ3) is 3.57. The Labute approximate surface area is 118 Å². The van der Waals surface area contributed by atoms with Crippen molar-refractivity contribution in [3.05, 3.63) is 35.9 Å². The Bertz CT molecular complexity index is 475. The van der Waals surface area contributed by atoms with E-state index in [-0.39, 0.29) is 17.9 Å². The quantitative estimate of drug-likeness (QED) is 0.743. The van der Waals surface area contributed by atoms with Gasteiger partial charge in [-0.05, 0) is 25.5 Å². The van der Waals surface area contributed by atoms with Crippen molar-refractivity contribution < 1.29 is 14.7 Å². The minimum absolute atomic E-state index is 0.0983. The van der Waals surface area contributed by atoms with E-state index in [1.54, 1.807) is 0 Å². The number of benzene rings is 1. The first-order valence-corrected chi connectivity index (χ1v) is 6.88. The summed E-state index contributed by atoms with van der Waals surface area (Å²) in [5.74, 6) is -1.32. The third-order valence-electron chi connectivity index (χ3n) is 3.76. The van der Waals surface area contributed by atoms with Gasteiger partial charge in [0, 0.05) is 12.5 Å². The number of hydrogen-bond donors (Lipinski definition) is 3. The number of carbonyl (C=O) groups is 2. The van der Waals surface area contributed by atoms with Crippen LogP contribution in [0.25, 0.3) is 0 Å². The molecule has 5 nitrogen and oxygen atoms in total. The molecule has 20 heavy (non-hydrogen) atoms. The maximum absolute atomic E-state index is 12.1. The zero-order chi connectivity index (χ0) is 14.5. The molecule has 1 aromatic rings.